The molecule has 14 heteroatoms. The third-order valence-electron chi connectivity index (χ3n) is 8.04. The lowest BCUT2D eigenvalue weighted by Crippen LogP contribution is -2.38. The second-order valence-electron chi connectivity index (χ2n) is 12.2. The van der Waals surface area contributed by atoms with E-state index in [0.717, 1.165) is 30.5 Å². The zero-order valence-electron chi connectivity index (χ0n) is 25.7. The third kappa shape index (κ3) is 5.65. The maximum Gasteiger partial charge on any atom is 0.412 e. The number of likely N-dealkylation sites (tertiary alicyclic amines) is 1. The largest absolute Gasteiger partial charge is 0.459 e. The summed E-state index contributed by atoms with van der Waals surface area (Å²) in [5.74, 6) is -1.45. The Balaban J connectivity index is 1.46. The van der Waals surface area contributed by atoms with Crippen molar-refractivity contribution < 1.29 is 32.5 Å². The Bertz CT molecular complexity index is 1870. The summed E-state index contributed by atoms with van der Waals surface area (Å²) in [5, 5.41) is 13.3. The summed E-state index contributed by atoms with van der Waals surface area (Å²) in [7, 11) is 3.67. The Kier molecular flexibility index (Phi) is 8.07. The lowest BCUT2D eigenvalue weighted by molar-refractivity contribution is 0.0636. The topological polar surface area (TPSA) is 132 Å². The molecule has 1 unspecified atom stereocenters. The van der Waals surface area contributed by atoms with Crippen molar-refractivity contribution in [2.45, 2.75) is 71.2 Å². The van der Waals surface area contributed by atoms with Crippen LogP contribution in [-0.4, -0.2) is 70.5 Å². The van der Waals surface area contributed by atoms with Crippen molar-refractivity contribution in [1.82, 2.24) is 19.9 Å². The van der Waals surface area contributed by atoms with Gasteiger partial charge in [0, 0.05) is 42.2 Å². The van der Waals surface area contributed by atoms with Crippen LogP contribution in [-0.2, 0) is 27.4 Å². The maximum absolute atomic E-state index is 16.7. The SMILES string of the molecule is CO[C@@H]1C[C@@H](C(C)Oc2ncc3c4c(c(-c5ncc(F)c6sc(NC(=O)OC(C)(C)C)c(C#N)c56)c(F)c3n2)COC4)N(C)C1. The molecular weight excluding hydrogens is 606 g/mol. The number of methoxy groups -OCH3 is 1. The normalized spacial score (nSPS) is 19.1. The van der Waals surface area contributed by atoms with Crippen molar-refractivity contribution in [2.75, 3.05) is 26.0 Å². The standard InChI is InChI=1S/C31H32F2N6O5S/c1-14(21-7-15(41-6)11-39(21)5)43-29-36-9-17-18-12-42-13-19(18)22(24(33)25(17)37-29)26-23-16(8-34)28(38-30(40)44-31(2,3)4)45-27(23)20(32)10-35-26/h9-10,14-15,21H,7,11-13H2,1-6H3,(H,38,40)/t14?,15-,21+/m1/s1. The molecule has 45 heavy (non-hydrogen) atoms. The summed E-state index contributed by atoms with van der Waals surface area (Å²) in [4.78, 5) is 27.8. The van der Waals surface area contributed by atoms with Crippen LogP contribution in [0.4, 0.5) is 18.6 Å². The fraction of sp³-hybridized carbons (Fsp3) is 0.452. The number of hydrogen-bond acceptors (Lipinski definition) is 11. The van der Waals surface area contributed by atoms with Gasteiger partial charge in [-0.2, -0.15) is 10.2 Å². The number of carbonyl (C=O) groups is 1. The Morgan fingerprint density at radius 1 is 1.24 bits per heavy atom. The average molecular weight is 639 g/mol. The lowest BCUT2D eigenvalue weighted by Gasteiger charge is -2.25. The molecular formula is C31H32F2N6O5S. The molecule has 0 spiro atoms. The fourth-order valence-electron chi connectivity index (χ4n) is 6.00. The highest BCUT2D eigenvalue weighted by Crippen LogP contribution is 2.46. The first kappa shape index (κ1) is 31.0. The number of pyridine rings is 1. The van der Waals surface area contributed by atoms with Crippen LogP contribution < -0.4 is 10.1 Å². The summed E-state index contributed by atoms with van der Waals surface area (Å²) in [6, 6.07) is 2.09. The van der Waals surface area contributed by atoms with Gasteiger partial charge in [-0.1, -0.05) is 0 Å². The average Bonchev–Trinajstić information content (AvgIpc) is 3.70. The second-order valence-corrected chi connectivity index (χ2v) is 13.2. The van der Waals surface area contributed by atoms with E-state index in [9.17, 15) is 10.1 Å². The summed E-state index contributed by atoms with van der Waals surface area (Å²) < 4.78 is 54.6. The Labute approximate surface area is 262 Å². The zero-order valence-corrected chi connectivity index (χ0v) is 26.5. The number of nitriles is 1. The Morgan fingerprint density at radius 3 is 2.69 bits per heavy atom. The molecule has 1 aromatic carbocycles. The summed E-state index contributed by atoms with van der Waals surface area (Å²) >= 11 is 0.842. The Hall–Kier alpha value is -4.03. The van der Waals surface area contributed by atoms with Crippen LogP contribution in [0.5, 0.6) is 6.01 Å². The molecule has 5 heterocycles. The van der Waals surface area contributed by atoms with Gasteiger partial charge in [0.1, 0.15) is 28.3 Å². The summed E-state index contributed by atoms with van der Waals surface area (Å²) in [5.41, 5.74) is 0.355. The van der Waals surface area contributed by atoms with Gasteiger partial charge >= 0.3 is 12.1 Å². The smallest absolute Gasteiger partial charge is 0.412 e. The van der Waals surface area contributed by atoms with E-state index in [1.165, 1.54) is 6.20 Å². The lowest BCUT2D eigenvalue weighted by atomic mass is 9.94. The first-order valence-corrected chi connectivity index (χ1v) is 15.2. The number of nitrogens with one attached hydrogen (secondary N) is 1. The summed E-state index contributed by atoms with van der Waals surface area (Å²) in [6.45, 7) is 8.00. The number of likely N-dealkylation sites (N-methyl/N-ethyl adjacent to an activating group) is 1. The van der Waals surface area contributed by atoms with E-state index in [0.29, 0.717) is 16.5 Å². The van der Waals surface area contributed by atoms with Gasteiger partial charge in [-0.15, -0.1) is 11.3 Å². The quantitative estimate of drug-likeness (QED) is 0.271. The van der Waals surface area contributed by atoms with E-state index >= 15 is 8.78 Å². The number of halogens is 2. The molecule has 4 aromatic rings. The molecule has 1 amide bonds. The molecule has 3 aromatic heterocycles. The van der Waals surface area contributed by atoms with Crippen molar-refractivity contribution >= 4 is 43.4 Å². The van der Waals surface area contributed by atoms with Gasteiger partial charge < -0.3 is 18.9 Å². The van der Waals surface area contributed by atoms with E-state index in [-0.39, 0.29) is 74.9 Å². The number of amides is 1. The third-order valence-corrected chi connectivity index (χ3v) is 9.15. The van der Waals surface area contributed by atoms with Gasteiger partial charge in [0.05, 0.1) is 41.5 Å². The maximum atomic E-state index is 16.7. The number of aromatic nitrogens is 3. The van der Waals surface area contributed by atoms with E-state index in [4.69, 9.17) is 18.9 Å². The first-order chi connectivity index (χ1) is 21.4. The first-order valence-electron chi connectivity index (χ1n) is 14.4. The number of anilines is 1. The minimum absolute atomic E-state index is 0.00212. The Morgan fingerprint density at radius 2 is 2.00 bits per heavy atom. The van der Waals surface area contributed by atoms with Gasteiger partial charge in [-0.25, -0.2) is 18.6 Å². The molecule has 1 fully saturated rings. The number of fused-ring (bicyclic) bond motifs is 4. The highest BCUT2D eigenvalue weighted by Gasteiger charge is 2.35. The minimum Gasteiger partial charge on any atom is -0.459 e. The van der Waals surface area contributed by atoms with Crippen molar-refractivity contribution in [3.8, 4) is 23.3 Å². The van der Waals surface area contributed by atoms with E-state index in [1.807, 2.05) is 20.0 Å². The predicted octanol–water partition coefficient (Wildman–Crippen LogP) is 5.92. The monoisotopic (exact) mass is 638 g/mol. The molecule has 0 bridgehead atoms. The summed E-state index contributed by atoms with van der Waals surface area (Å²) in [6.07, 6.45) is 2.21. The van der Waals surface area contributed by atoms with Crippen molar-refractivity contribution in [3.63, 3.8) is 0 Å². The molecule has 1 N–H and O–H groups in total. The van der Waals surface area contributed by atoms with Crippen LogP contribution in [0, 0.1) is 23.0 Å². The van der Waals surface area contributed by atoms with Crippen LogP contribution in [0.2, 0.25) is 0 Å². The van der Waals surface area contributed by atoms with Crippen LogP contribution in [0.25, 0.3) is 32.2 Å². The van der Waals surface area contributed by atoms with Gasteiger partial charge in [0.15, 0.2) is 11.6 Å². The molecule has 0 saturated carbocycles. The highest BCUT2D eigenvalue weighted by molar-refractivity contribution is 7.23. The van der Waals surface area contributed by atoms with Crippen molar-refractivity contribution in [1.29, 1.82) is 5.26 Å². The number of benzene rings is 1. The molecule has 1 saturated heterocycles. The molecule has 0 aliphatic carbocycles. The number of thiophene rings is 1. The number of rotatable bonds is 6. The highest BCUT2D eigenvalue weighted by atomic mass is 32.1. The molecule has 3 atom stereocenters. The van der Waals surface area contributed by atoms with Crippen molar-refractivity contribution in [2.24, 2.45) is 0 Å². The molecule has 2 aliphatic heterocycles. The van der Waals surface area contributed by atoms with Crippen LogP contribution >= 0.6 is 11.3 Å². The number of ether oxygens (including phenoxy) is 4. The number of carbonyl (C=O) groups excluding carboxylic acids is 1. The van der Waals surface area contributed by atoms with Crippen LogP contribution in [0.1, 0.15) is 50.8 Å². The van der Waals surface area contributed by atoms with Crippen LogP contribution in [0.15, 0.2) is 12.4 Å². The zero-order chi connectivity index (χ0) is 32.2. The van der Waals surface area contributed by atoms with E-state index < -0.39 is 23.3 Å². The van der Waals surface area contributed by atoms with Crippen LogP contribution in [0.3, 0.4) is 0 Å². The fourth-order valence-corrected chi connectivity index (χ4v) is 7.04. The van der Waals surface area contributed by atoms with Gasteiger partial charge in [0.25, 0.3) is 0 Å². The van der Waals surface area contributed by atoms with Gasteiger partial charge in [0.2, 0.25) is 0 Å². The number of hydrogen-bond donors (Lipinski definition) is 1. The van der Waals surface area contributed by atoms with Gasteiger partial charge in [-0.3, -0.25) is 15.2 Å². The minimum atomic E-state index is -0.813. The second kappa shape index (κ2) is 11.7. The predicted molar refractivity (Wildman–Crippen MR) is 163 cm³/mol. The number of nitrogens with zero attached hydrogens (tertiary/aromatic N) is 5. The molecule has 11 nitrogen and oxygen atoms in total. The molecule has 6 rings (SSSR count). The van der Waals surface area contributed by atoms with E-state index in [1.54, 1.807) is 27.9 Å². The molecule has 2 aliphatic rings. The molecule has 236 valence electrons. The molecule has 0 radical (unpaired) electrons. The van der Waals surface area contributed by atoms with Crippen molar-refractivity contribution in [3.05, 3.63) is 40.7 Å². The van der Waals surface area contributed by atoms with E-state index in [2.05, 4.69) is 25.2 Å². The van der Waals surface area contributed by atoms with Gasteiger partial charge in [-0.05, 0) is 52.3 Å².